The molecule has 11 heteroatoms. The summed E-state index contributed by atoms with van der Waals surface area (Å²) in [6.45, 7) is 0.315. The molecule has 0 amide bonds. The Bertz CT molecular complexity index is 1110. The SMILES string of the molecule is [2H]c1cc([C@]2(C#N)O[C@H](C([2H])([2H])OC(=O)[C@@H](N)C(C)C)[C@@H](O)[C@H]2O)n2[nH]cnc(=N)c12. The van der Waals surface area contributed by atoms with Gasteiger partial charge in [0.25, 0.3) is 0 Å². The maximum absolute atomic E-state index is 12.1. The number of hydrogen-bond donors (Lipinski definition) is 5. The molecule has 3 heterocycles. The Kier molecular flexibility index (Phi) is 4.24. The van der Waals surface area contributed by atoms with Crippen molar-refractivity contribution in [1.29, 1.82) is 10.7 Å². The molecule has 1 saturated heterocycles. The van der Waals surface area contributed by atoms with Crippen molar-refractivity contribution in [3.05, 3.63) is 29.6 Å². The molecule has 1 fully saturated rings. The van der Waals surface area contributed by atoms with E-state index in [1.54, 1.807) is 19.9 Å². The van der Waals surface area contributed by atoms with Crippen LogP contribution in [0.4, 0.5) is 0 Å². The molecule has 28 heavy (non-hydrogen) atoms. The number of fused-ring (bicyclic) bond motifs is 1. The van der Waals surface area contributed by atoms with Crippen LogP contribution in [0.5, 0.6) is 0 Å². The second-order valence-electron chi connectivity index (χ2n) is 6.72. The van der Waals surface area contributed by atoms with Crippen molar-refractivity contribution in [2.45, 2.75) is 43.8 Å². The molecule has 1 aliphatic heterocycles. The second kappa shape index (κ2) is 7.33. The Balaban J connectivity index is 2.04. The average Bonchev–Trinajstić information content (AvgIpc) is 3.17. The third kappa shape index (κ3) is 3.06. The zero-order valence-electron chi connectivity index (χ0n) is 18.1. The third-order valence-electron chi connectivity index (χ3n) is 4.59. The van der Waals surface area contributed by atoms with Crippen LogP contribution in [0.2, 0.25) is 0 Å². The van der Waals surface area contributed by atoms with E-state index in [0.29, 0.717) is 0 Å². The summed E-state index contributed by atoms with van der Waals surface area (Å²) < 4.78 is 35.7. The molecule has 0 bridgehead atoms. The minimum atomic E-state index is -2.95. The van der Waals surface area contributed by atoms with Crippen LogP contribution in [-0.2, 0) is 19.9 Å². The summed E-state index contributed by atoms with van der Waals surface area (Å²) in [7, 11) is 0. The van der Waals surface area contributed by atoms with E-state index in [9.17, 15) is 20.3 Å². The van der Waals surface area contributed by atoms with Crippen molar-refractivity contribution in [2.24, 2.45) is 11.7 Å². The summed E-state index contributed by atoms with van der Waals surface area (Å²) >= 11 is 0. The van der Waals surface area contributed by atoms with Gasteiger partial charge in [-0.25, -0.2) is 4.98 Å². The van der Waals surface area contributed by atoms with Crippen LogP contribution in [0.15, 0.2) is 18.4 Å². The molecule has 11 nitrogen and oxygen atoms in total. The molecule has 2 aromatic heterocycles. The minimum Gasteiger partial charge on any atom is -0.462 e. The van der Waals surface area contributed by atoms with Gasteiger partial charge in [-0.3, -0.25) is 19.8 Å². The van der Waals surface area contributed by atoms with Gasteiger partial charge in [0.05, 0.1) is 9.81 Å². The zero-order chi connectivity index (χ0) is 23.3. The Hall–Kier alpha value is -2.78. The number of hydrogen-bond acceptors (Lipinski definition) is 9. The van der Waals surface area contributed by atoms with Crippen molar-refractivity contribution in [1.82, 2.24) is 14.6 Å². The minimum absolute atomic E-state index is 0.0294. The van der Waals surface area contributed by atoms with E-state index in [4.69, 9.17) is 24.7 Å². The maximum atomic E-state index is 12.1. The molecule has 5 atom stereocenters. The second-order valence-corrected chi connectivity index (χ2v) is 6.72. The van der Waals surface area contributed by atoms with Crippen LogP contribution in [-0.4, -0.2) is 61.7 Å². The molecule has 0 saturated carbocycles. The summed E-state index contributed by atoms with van der Waals surface area (Å²) in [4.78, 5) is 15.9. The molecule has 0 aromatic carbocycles. The molecule has 3 rings (SSSR count). The Morgan fingerprint density at radius 3 is 3.07 bits per heavy atom. The van der Waals surface area contributed by atoms with Crippen LogP contribution in [0.1, 0.15) is 23.7 Å². The predicted molar refractivity (Wildman–Crippen MR) is 93.3 cm³/mol. The lowest BCUT2D eigenvalue weighted by Crippen LogP contribution is -2.41. The van der Waals surface area contributed by atoms with Crippen molar-refractivity contribution in [3.63, 3.8) is 0 Å². The van der Waals surface area contributed by atoms with Gasteiger partial charge in [-0.05, 0) is 18.0 Å². The van der Waals surface area contributed by atoms with Crippen LogP contribution in [0.3, 0.4) is 0 Å². The number of nitrogens with one attached hydrogen (secondary N) is 2. The molecule has 0 unspecified atom stereocenters. The topological polar surface area (TPSA) is 183 Å². The standard InChI is InChI=1S/C17H22N6O5/c1-8(2)12(19)16(26)27-5-10-13(24)14(25)17(6-18,28-10)11-4-3-9-15(20)21-7-22-23(9)11/h3-4,7-8,10,12-14,24-25H,5,19H2,1-2H3,(H2,20,21,22)/t10-,12+,13-,14-,17+/m1/s1/i3D,5D2. The quantitative estimate of drug-likeness (QED) is 0.380. The first kappa shape index (κ1) is 16.2. The number of nitrogens with zero attached hydrogens (tertiary/aromatic N) is 3. The normalized spacial score (nSPS) is 30.5. The number of aliphatic hydroxyl groups excluding tert-OH is 2. The highest BCUT2D eigenvalue weighted by molar-refractivity contribution is 5.75. The van der Waals surface area contributed by atoms with Crippen molar-refractivity contribution >= 4 is 11.5 Å². The van der Waals surface area contributed by atoms with Crippen LogP contribution in [0.25, 0.3) is 5.52 Å². The molecule has 0 radical (unpaired) electrons. The Labute approximate surface area is 164 Å². The average molecular weight is 393 g/mol. The summed E-state index contributed by atoms with van der Waals surface area (Å²) in [5.41, 5.74) is 2.84. The monoisotopic (exact) mass is 393 g/mol. The van der Waals surface area contributed by atoms with Crippen LogP contribution >= 0.6 is 0 Å². The summed E-state index contributed by atoms with van der Waals surface area (Å²) in [6.07, 6.45) is -4.80. The summed E-state index contributed by atoms with van der Waals surface area (Å²) in [6, 6.07) is 1.49. The van der Waals surface area contributed by atoms with Crippen LogP contribution < -0.4 is 11.2 Å². The van der Waals surface area contributed by atoms with Gasteiger partial charge in [-0.1, -0.05) is 13.8 Å². The van der Waals surface area contributed by atoms with Gasteiger partial charge in [0.1, 0.15) is 48.8 Å². The number of aliphatic hydroxyl groups is 2. The van der Waals surface area contributed by atoms with Crippen molar-refractivity contribution in [3.8, 4) is 6.07 Å². The number of rotatable bonds is 5. The fraction of sp³-hybridized carbons (Fsp3) is 0.529. The number of nitrogens with two attached hydrogens (primary N) is 1. The highest BCUT2D eigenvalue weighted by Crippen LogP contribution is 2.39. The van der Waals surface area contributed by atoms with E-state index in [0.717, 1.165) is 16.9 Å². The smallest absolute Gasteiger partial charge is 0.323 e. The summed E-state index contributed by atoms with van der Waals surface area (Å²) in [5, 5.41) is 41.5. The number of carbonyl (C=O) groups excluding carboxylic acids is 1. The predicted octanol–water partition coefficient (Wildman–Crippen LogP) is -1.49. The molecule has 1 aliphatic rings. The Morgan fingerprint density at radius 2 is 2.43 bits per heavy atom. The highest BCUT2D eigenvalue weighted by Gasteiger charge is 2.57. The van der Waals surface area contributed by atoms with E-state index in [1.807, 2.05) is 0 Å². The van der Waals surface area contributed by atoms with Gasteiger partial charge in [0.15, 0.2) is 5.49 Å². The fourth-order valence-electron chi connectivity index (χ4n) is 2.84. The van der Waals surface area contributed by atoms with E-state index >= 15 is 0 Å². The molecular formula is C17H22N6O5. The number of ether oxygens (including phenoxy) is 2. The molecule has 150 valence electrons. The molecular weight excluding hydrogens is 368 g/mol. The number of aromatic nitrogens is 3. The zero-order valence-corrected chi connectivity index (χ0v) is 15.1. The highest BCUT2D eigenvalue weighted by atomic mass is 16.6. The molecule has 0 spiro atoms. The number of H-pyrrole nitrogens is 1. The van der Waals surface area contributed by atoms with E-state index in [-0.39, 0.29) is 28.7 Å². The number of carbonyl (C=O) groups is 1. The van der Waals surface area contributed by atoms with Gasteiger partial charge >= 0.3 is 5.97 Å². The van der Waals surface area contributed by atoms with E-state index in [2.05, 4.69) is 10.1 Å². The largest absolute Gasteiger partial charge is 0.462 e. The lowest BCUT2D eigenvalue weighted by molar-refractivity contribution is -0.153. The third-order valence-corrected chi connectivity index (χ3v) is 4.59. The van der Waals surface area contributed by atoms with E-state index < -0.39 is 42.5 Å². The summed E-state index contributed by atoms with van der Waals surface area (Å²) in [5.74, 6) is -1.44. The fourth-order valence-corrected chi connectivity index (χ4v) is 2.84. The van der Waals surface area contributed by atoms with Crippen molar-refractivity contribution in [2.75, 3.05) is 6.56 Å². The first-order valence-corrected chi connectivity index (χ1v) is 8.41. The van der Waals surface area contributed by atoms with E-state index in [1.165, 1.54) is 0 Å². The van der Waals surface area contributed by atoms with Gasteiger partial charge < -0.3 is 25.4 Å². The lowest BCUT2D eigenvalue weighted by atomic mass is 9.92. The van der Waals surface area contributed by atoms with Gasteiger partial charge in [-0.15, -0.1) is 0 Å². The first-order chi connectivity index (χ1) is 14.4. The van der Waals surface area contributed by atoms with Gasteiger partial charge in [-0.2, -0.15) is 5.26 Å². The van der Waals surface area contributed by atoms with Crippen molar-refractivity contribution < 1.29 is 28.6 Å². The number of esters is 1. The number of aromatic amines is 1. The van der Waals surface area contributed by atoms with Gasteiger partial charge in [0, 0.05) is 0 Å². The van der Waals surface area contributed by atoms with Gasteiger partial charge in [0.2, 0.25) is 5.60 Å². The molecule has 2 aromatic rings. The maximum Gasteiger partial charge on any atom is 0.323 e. The molecule has 6 N–H and O–H groups in total. The number of nitriles is 1. The first-order valence-electron chi connectivity index (χ1n) is 9.91. The lowest BCUT2D eigenvalue weighted by Gasteiger charge is -2.24. The Morgan fingerprint density at radius 1 is 1.71 bits per heavy atom. The van der Waals surface area contributed by atoms with Crippen LogP contribution in [0, 0.1) is 22.7 Å². The molecule has 0 aliphatic carbocycles.